The maximum absolute atomic E-state index is 10.8. The Bertz CT molecular complexity index is 205. The number of carbonyl (C=O) groups is 1. The van der Waals surface area contributed by atoms with E-state index in [1.807, 2.05) is 0 Å². The molecule has 1 aliphatic rings. The van der Waals surface area contributed by atoms with E-state index < -0.39 is 6.09 Å². The Morgan fingerprint density at radius 1 is 1.57 bits per heavy atom. The summed E-state index contributed by atoms with van der Waals surface area (Å²) in [7, 11) is 0. The van der Waals surface area contributed by atoms with Crippen LogP contribution in [0, 0.1) is 11.3 Å². The van der Waals surface area contributed by atoms with Crippen molar-refractivity contribution < 1.29 is 9.53 Å². The number of primary amides is 1. The maximum Gasteiger partial charge on any atom is 0.404 e. The summed E-state index contributed by atoms with van der Waals surface area (Å²) < 4.78 is 5.20. The van der Waals surface area contributed by atoms with E-state index in [1.54, 1.807) is 0 Å². The molecule has 1 aliphatic heterocycles. The van der Waals surface area contributed by atoms with E-state index in [2.05, 4.69) is 26.1 Å². The minimum absolute atomic E-state index is 0.0499. The highest BCUT2D eigenvalue weighted by atomic mass is 16.6. The Morgan fingerprint density at radius 3 is 2.57 bits per heavy atom. The topological polar surface area (TPSA) is 64.3 Å². The van der Waals surface area contributed by atoms with Gasteiger partial charge in [0.25, 0.3) is 0 Å². The summed E-state index contributed by atoms with van der Waals surface area (Å²) in [6, 6.07) is 0. The Kier molecular flexibility index (Phi) is 3.37. The Hall–Kier alpha value is -0.770. The maximum atomic E-state index is 10.8. The second kappa shape index (κ2) is 4.17. The summed E-state index contributed by atoms with van der Waals surface area (Å²) in [4.78, 5) is 10.8. The van der Waals surface area contributed by atoms with E-state index in [1.165, 1.54) is 0 Å². The number of hydrogen-bond donors (Lipinski definition) is 2. The standard InChI is InChI=1S/C10H20N2O2/c1-10(2,3)8(14-9(11)13)7-4-5-12-6-7/h7-8,12H,4-6H2,1-3H3,(H2,11,13). The lowest BCUT2D eigenvalue weighted by Crippen LogP contribution is -2.40. The molecule has 4 nitrogen and oxygen atoms in total. The molecule has 1 rings (SSSR count). The van der Waals surface area contributed by atoms with Gasteiger partial charge in [-0.05, 0) is 18.4 Å². The Balaban J connectivity index is 2.65. The number of rotatable bonds is 2. The van der Waals surface area contributed by atoms with Gasteiger partial charge in [0, 0.05) is 12.5 Å². The third-order valence-corrected chi connectivity index (χ3v) is 2.62. The fraction of sp³-hybridized carbons (Fsp3) is 0.900. The first-order chi connectivity index (χ1) is 6.41. The van der Waals surface area contributed by atoms with Crippen molar-refractivity contribution in [2.24, 2.45) is 17.1 Å². The minimum atomic E-state index is -0.670. The van der Waals surface area contributed by atoms with Crippen molar-refractivity contribution in [2.75, 3.05) is 13.1 Å². The number of nitrogens with two attached hydrogens (primary N) is 1. The van der Waals surface area contributed by atoms with Crippen LogP contribution in [0.2, 0.25) is 0 Å². The second-order valence-electron chi connectivity index (χ2n) is 4.98. The van der Waals surface area contributed by atoms with Crippen molar-refractivity contribution in [1.82, 2.24) is 5.32 Å². The molecule has 1 heterocycles. The zero-order valence-electron chi connectivity index (χ0n) is 9.17. The fourth-order valence-corrected chi connectivity index (χ4v) is 2.04. The number of carbonyl (C=O) groups excluding carboxylic acids is 1. The number of amides is 1. The summed E-state index contributed by atoms with van der Waals surface area (Å²) >= 11 is 0. The van der Waals surface area contributed by atoms with Gasteiger partial charge < -0.3 is 15.8 Å². The Morgan fingerprint density at radius 2 is 2.21 bits per heavy atom. The molecule has 4 heteroatoms. The van der Waals surface area contributed by atoms with Gasteiger partial charge in [-0.1, -0.05) is 20.8 Å². The molecule has 0 aromatic heterocycles. The van der Waals surface area contributed by atoms with Gasteiger partial charge in [0.2, 0.25) is 0 Å². The second-order valence-corrected chi connectivity index (χ2v) is 4.98. The van der Waals surface area contributed by atoms with E-state index in [-0.39, 0.29) is 11.5 Å². The molecule has 2 atom stereocenters. The highest BCUT2D eigenvalue weighted by molar-refractivity contribution is 5.64. The lowest BCUT2D eigenvalue weighted by molar-refractivity contribution is 0.00197. The third-order valence-electron chi connectivity index (χ3n) is 2.62. The summed E-state index contributed by atoms with van der Waals surface area (Å²) in [5.41, 5.74) is 5.03. The van der Waals surface area contributed by atoms with Gasteiger partial charge >= 0.3 is 6.09 Å². The molecular formula is C10H20N2O2. The smallest absolute Gasteiger partial charge is 0.404 e. The first kappa shape index (κ1) is 11.3. The first-order valence-corrected chi connectivity index (χ1v) is 5.08. The highest BCUT2D eigenvalue weighted by Crippen LogP contribution is 2.31. The van der Waals surface area contributed by atoms with Gasteiger partial charge in [0.05, 0.1) is 0 Å². The van der Waals surface area contributed by atoms with Crippen LogP contribution in [0.15, 0.2) is 0 Å². The molecule has 14 heavy (non-hydrogen) atoms. The van der Waals surface area contributed by atoms with E-state index in [9.17, 15) is 4.79 Å². The lowest BCUT2D eigenvalue weighted by Gasteiger charge is -2.33. The number of hydrogen-bond acceptors (Lipinski definition) is 3. The van der Waals surface area contributed by atoms with Gasteiger partial charge in [-0.25, -0.2) is 4.79 Å². The molecule has 1 saturated heterocycles. The molecule has 0 aromatic rings. The van der Waals surface area contributed by atoms with E-state index >= 15 is 0 Å². The van der Waals surface area contributed by atoms with Crippen molar-refractivity contribution in [1.29, 1.82) is 0 Å². The molecule has 0 saturated carbocycles. The molecule has 0 bridgehead atoms. The molecule has 82 valence electrons. The van der Waals surface area contributed by atoms with Crippen molar-refractivity contribution in [2.45, 2.75) is 33.3 Å². The average Bonchev–Trinajstić information content (AvgIpc) is 2.49. The fourth-order valence-electron chi connectivity index (χ4n) is 2.04. The summed E-state index contributed by atoms with van der Waals surface area (Å²) in [5, 5.41) is 3.27. The van der Waals surface area contributed by atoms with E-state index in [4.69, 9.17) is 10.5 Å². The summed E-state index contributed by atoms with van der Waals surface area (Å²) in [5.74, 6) is 0.391. The predicted molar refractivity (Wildman–Crippen MR) is 54.9 cm³/mol. The van der Waals surface area contributed by atoms with Crippen molar-refractivity contribution >= 4 is 6.09 Å². The first-order valence-electron chi connectivity index (χ1n) is 5.08. The lowest BCUT2D eigenvalue weighted by atomic mass is 9.80. The summed E-state index contributed by atoms with van der Waals surface area (Å²) in [6.45, 7) is 8.12. The molecule has 3 N–H and O–H groups in total. The number of ether oxygens (including phenoxy) is 1. The molecule has 0 radical (unpaired) electrons. The molecule has 0 aliphatic carbocycles. The van der Waals surface area contributed by atoms with Crippen LogP contribution < -0.4 is 11.1 Å². The predicted octanol–water partition coefficient (Wildman–Crippen LogP) is 1.11. The third kappa shape index (κ3) is 2.87. The van der Waals surface area contributed by atoms with Crippen LogP contribution in [0.5, 0.6) is 0 Å². The highest BCUT2D eigenvalue weighted by Gasteiger charge is 2.36. The average molecular weight is 200 g/mol. The normalized spacial score (nSPS) is 24.6. The van der Waals surface area contributed by atoms with Crippen molar-refractivity contribution in [3.05, 3.63) is 0 Å². The van der Waals surface area contributed by atoms with Crippen LogP contribution in [0.4, 0.5) is 4.79 Å². The molecule has 2 unspecified atom stereocenters. The van der Waals surface area contributed by atoms with E-state index in [0.29, 0.717) is 5.92 Å². The van der Waals surface area contributed by atoms with Crippen LogP contribution in [-0.2, 0) is 4.74 Å². The number of nitrogens with one attached hydrogen (secondary N) is 1. The largest absolute Gasteiger partial charge is 0.445 e. The zero-order chi connectivity index (χ0) is 10.8. The molecule has 0 spiro atoms. The van der Waals surface area contributed by atoms with Crippen molar-refractivity contribution in [3.8, 4) is 0 Å². The molecule has 0 aromatic carbocycles. The zero-order valence-corrected chi connectivity index (χ0v) is 9.17. The molecule has 1 fully saturated rings. The SMILES string of the molecule is CC(C)(C)C(OC(N)=O)C1CCNC1. The Labute approximate surface area is 85.2 Å². The van der Waals surface area contributed by atoms with Crippen LogP contribution >= 0.6 is 0 Å². The van der Waals surface area contributed by atoms with Crippen LogP contribution in [-0.4, -0.2) is 25.3 Å². The van der Waals surface area contributed by atoms with Crippen LogP contribution in [0.3, 0.4) is 0 Å². The molecular weight excluding hydrogens is 180 g/mol. The van der Waals surface area contributed by atoms with Gasteiger partial charge in [0.15, 0.2) is 0 Å². The summed E-state index contributed by atoms with van der Waals surface area (Å²) in [6.07, 6.45) is 0.293. The van der Waals surface area contributed by atoms with E-state index in [0.717, 1.165) is 19.5 Å². The molecule has 1 amide bonds. The quantitative estimate of drug-likeness (QED) is 0.701. The monoisotopic (exact) mass is 200 g/mol. The minimum Gasteiger partial charge on any atom is -0.445 e. The van der Waals surface area contributed by atoms with Gasteiger partial charge in [-0.15, -0.1) is 0 Å². The van der Waals surface area contributed by atoms with Gasteiger partial charge in [-0.2, -0.15) is 0 Å². The van der Waals surface area contributed by atoms with Gasteiger partial charge in [-0.3, -0.25) is 0 Å². The van der Waals surface area contributed by atoms with Gasteiger partial charge in [0.1, 0.15) is 6.10 Å². The van der Waals surface area contributed by atoms with Crippen LogP contribution in [0.1, 0.15) is 27.2 Å². The van der Waals surface area contributed by atoms with Crippen LogP contribution in [0.25, 0.3) is 0 Å². The van der Waals surface area contributed by atoms with Crippen molar-refractivity contribution in [3.63, 3.8) is 0 Å².